The van der Waals surface area contributed by atoms with E-state index in [2.05, 4.69) is 15.0 Å². The summed E-state index contributed by atoms with van der Waals surface area (Å²) in [5, 5.41) is 10.4. The van der Waals surface area contributed by atoms with Gasteiger partial charge >= 0.3 is 0 Å². The van der Waals surface area contributed by atoms with E-state index in [9.17, 15) is 5.11 Å². The summed E-state index contributed by atoms with van der Waals surface area (Å²) in [5.41, 5.74) is 18.5. The quantitative estimate of drug-likeness (QED) is 0.421. The molecule has 23 heavy (non-hydrogen) atoms. The Kier molecular flexibility index (Phi) is 3.82. The van der Waals surface area contributed by atoms with Crippen molar-refractivity contribution in [1.82, 2.24) is 4.98 Å². The van der Waals surface area contributed by atoms with E-state index >= 15 is 0 Å². The molecule has 1 heterocycles. The van der Waals surface area contributed by atoms with Crippen LogP contribution < -0.4 is 17.2 Å². The molecule has 7 N–H and O–H groups in total. The Labute approximate surface area is 135 Å². The Morgan fingerprint density at radius 2 is 1.91 bits per heavy atom. The van der Waals surface area contributed by atoms with E-state index in [4.69, 9.17) is 17.2 Å². The molecule has 116 valence electrons. The van der Waals surface area contributed by atoms with Crippen LogP contribution in [0, 0.1) is 0 Å². The highest BCUT2D eigenvalue weighted by Gasteiger charge is 2.07. The fourth-order valence-electron chi connectivity index (χ4n) is 2.03. The Bertz CT molecular complexity index is 927. The number of nitrogens with zero attached hydrogens (tertiary/aromatic N) is 3. The molecule has 0 aliphatic carbocycles. The minimum absolute atomic E-state index is 0.0120. The number of hydrogen-bond donors (Lipinski definition) is 4. The van der Waals surface area contributed by atoms with E-state index in [1.54, 1.807) is 24.3 Å². The molecule has 7 nitrogen and oxygen atoms in total. The van der Waals surface area contributed by atoms with Gasteiger partial charge in [-0.3, -0.25) is 0 Å². The molecule has 0 amide bonds. The Morgan fingerprint density at radius 3 is 2.65 bits per heavy atom. The molecular weight excluding hydrogens is 312 g/mol. The lowest BCUT2D eigenvalue weighted by atomic mass is 10.2. The maximum Gasteiger partial charge on any atom is 0.223 e. The fourth-order valence-corrected chi connectivity index (χ4v) is 3.03. The van der Waals surface area contributed by atoms with Crippen LogP contribution in [-0.4, -0.2) is 22.0 Å². The van der Waals surface area contributed by atoms with Crippen molar-refractivity contribution in [2.75, 3.05) is 0 Å². The normalized spacial score (nSPS) is 11.6. The lowest BCUT2D eigenvalue weighted by Crippen LogP contribution is -2.26. The highest BCUT2D eigenvalue weighted by Crippen LogP contribution is 2.33. The van der Waals surface area contributed by atoms with Gasteiger partial charge in [-0.15, -0.1) is 11.3 Å². The molecule has 0 radical (unpaired) electrons. The van der Waals surface area contributed by atoms with Gasteiger partial charge in [-0.05, 0) is 30.3 Å². The summed E-state index contributed by atoms with van der Waals surface area (Å²) < 4.78 is 0.946. The molecule has 8 heteroatoms. The largest absolute Gasteiger partial charge is 0.508 e. The molecule has 0 atom stereocenters. The molecule has 0 fully saturated rings. The monoisotopic (exact) mass is 326 g/mol. The van der Waals surface area contributed by atoms with Crippen LogP contribution in [0.5, 0.6) is 5.75 Å². The summed E-state index contributed by atoms with van der Waals surface area (Å²) in [6.07, 6.45) is 0. The number of aliphatic imine (C=N–C) groups is 2. The van der Waals surface area contributed by atoms with Crippen molar-refractivity contribution in [1.29, 1.82) is 0 Å². The molecule has 0 bridgehead atoms. The molecule has 0 aliphatic heterocycles. The number of guanidine groups is 2. The number of thiazole rings is 1. The zero-order chi connectivity index (χ0) is 16.4. The maximum absolute atomic E-state index is 9.58. The van der Waals surface area contributed by atoms with Gasteiger partial charge in [0.25, 0.3) is 0 Å². The van der Waals surface area contributed by atoms with Gasteiger partial charge in [0, 0.05) is 5.56 Å². The van der Waals surface area contributed by atoms with E-state index in [0.29, 0.717) is 5.69 Å². The first-order chi connectivity index (χ1) is 11.0. The van der Waals surface area contributed by atoms with Crippen molar-refractivity contribution in [3.63, 3.8) is 0 Å². The number of hydrogen-bond acceptors (Lipinski definition) is 4. The third-order valence-corrected chi connectivity index (χ3v) is 4.02. The second-order valence-corrected chi connectivity index (χ2v) is 5.76. The SMILES string of the molecule is NC(N)=NC(N)=Nc1ccc2nc(-c3cccc(O)c3)sc2c1. The van der Waals surface area contributed by atoms with E-state index in [1.807, 2.05) is 18.2 Å². The van der Waals surface area contributed by atoms with Crippen molar-refractivity contribution in [3.05, 3.63) is 42.5 Å². The van der Waals surface area contributed by atoms with Crippen LogP contribution in [0.25, 0.3) is 20.8 Å². The van der Waals surface area contributed by atoms with Crippen molar-refractivity contribution in [2.24, 2.45) is 27.2 Å². The van der Waals surface area contributed by atoms with Crippen molar-refractivity contribution < 1.29 is 5.11 Å². The Morgan fingerprint density at radius 1 is 1.09 bits per heavy atom. The summed E-state index contributed by atoms with van der Waals surface area (Å²) in [6.45, 7) is 0. The maximum atomic E-state index is 9.58. The molecule has 3 aromatic rings. The van der Waals surface area contributed by atoms with Gasteiger partial charge in [-0.2, -0.15) is 4.99 Å². The zero-order valence-corrected chi connectivity index (χ0v) is 12.8. The van der Waals surface area contributed by atoms with Gasteiger partial charge in [0.2, 0.25) is 5.96 Å². The minimum atomic E-state index is -0.142. The number of benzene rings is 2. The van der Waals surface area contributed by atoms with Crippen molar-refractivity contribution in [2.45, 2.75) is 0 Å². The van der Waals surface area contributed by atoms with Gasteiger partial charge in [0.05, 0.1) is 15.9 Å². The smallest absolute Gasteiger partial charge is 0.223 e. The van der Waals surface area contributed by atoms with Crippen LogP contribution in [0.2, 0.25) is 0 Å². The Hall–Kier alpha value is -3.13. The minimum Gasteiger partial charge on any atom is -0.508 e. The van der Waals surface area contributed by atoms with Gasteiger partial charge in [-0.1, -0.05) is 12.1 Å². The molecule has 2 aromatic carbocycles. The number of fused-ring (bicyclic) bond motifs is 1. The number of rotatable bonds is 2. The van der Waals surface area contributed by atoms with Crippen LogP contribution in [0.15, 0.2) is 52.4 Å². The lowest BCUT2D eigenvalue weighted by molar-refractivity contribution is 0.475. The number of nitrogens with two attached hydrogens (primary N) is 3. The van der Waals surface area contributed by atoms with Crippen LogP contribution in [0.3, 0.4) is 0 Å². The summed E-state index contributed by atoms with van der Waals surface area (Å²) >= 11 is 1.50. The van der Waals surface area contributed by atoms with E-state index in [0.717, 1.165) is 20.8 Å². The summed E-state index contributed by atoms with van der Waals surface area (Å²) in [4.78, 5) is 12.4. The molecule has 0 unspecified atom stereocenters. The number of phenolic OH excluding ortho intramolecular Hbond substituents is 1. The molecule has 1 aromatic heterocycles. The second kappa shape index (κ2) is 5.93. The standard InChI is InChI=1S/C15H14N6OS/c16-14(17)21-15(18)19-9-4-5-11-12(7-9)23-13(20-11)8-2-1-3-10(22)6-8/h1-7,22H,(H6,16,17,18,19,21). The van der Waals surface area contributed by atoms with Gasteiger partial charge in [0.15, 0.2) is 5.96 Å². The first kappa shape index (κ1) is 14.8. The van der Waals surface area contributed by atoms with Crippen LogP contribution in [-0.2, 0) is 0 Å². The molecule has 0 spiro atoms. The highest BCUT2D eigenvalue weighted by atomic mass is 32.1. The average Bonchev–Trinajstić information content (AvgIpc) is 2.89. The van der Waals surface area contributed by atoms with Crippen LogP contribution in [0.4, 0.5) is 5.69 Å². The second-order valence-electron chi connectivity index (χ2n) is 4.73. The fraction of sp³-hybridized carbons (Fsp3) is 0. The molecule has 0 aliphatic rings. The van der Waals surface area contributed by atoms with E-state index in [1.165, 1.54) is 11.3 Å². The summed E-state index contributed by atoms with van der Waals surface area (Å²) in [5.74, 6) is 0.0513. The Balaban J connectivity index is 2.00. The average molecular weight is 326 g/mol. The topological polar surface area (TPSA) is 136 Å². The number of aromatic hydroxyl groups is 1. The lowest BCUT2D eigenvalue weighted by Gasteiger charge is -1.95. The van der Waals surface area contributed by atoms with E-state index < -0.39 is 0 Å². The first-order valence-corrected chi connectivity index (χ1v) is 7.47. The zero-order valence-electron chi connectivity index (χ0n) is 12.0. The predicted octanol–water partition coefficient (Wildman–Crippen LogP) is 1.89. The summed E-state index contributed by atoms with van der Waals surface area (Å²) in [7, 11) is 0. The molecule has 0 saturated heterocycles. The summed E-state index contributed by atoms with van der Waals surface area (Å²) in [6, 6.07) is 12.5. The van der Waals surface area contributed by atoms with Crippen LogP contribution >= 0.6 is 11.3 Å². The molecular formula is C15H14N6OS. The molecule has 3 rings (SSSR count). The van der Waals surface area contributed by atoms with Crippen LogP contribution in [0.1, 0.15) is 0 Å². The van der Waals surface area contributed by atoms with Crippen molar-refractivity contribution >= 4 is 39.2 Å². The van der Waals surface area contributed by atoms with E-state index in [-0.39, 0.29) is 17.7 Å². The highest BCUT2D eigenvalue weighted by molar-refractivity contribution is 7.21. The van der Waals surface area contributed by atoms with Gasteiger partial charge < -0.3 is 22.3 Å². The van der Waals surface area contributed by atoms with Crippen molar-refractivity contribution in [3.8, 4) is 16.3 Å². The van der Waals surface area contributed by atoms with Gasteiger partial charge in [0.1, 0.15) is 10.8 Å². The van der Waals surface area contributed by atoms with Gasteiger partial charge in [-0.25, -0.2) is 9.98 Å². The third kappa shape index (κ3) is 3.38. The predicted molar refractivity (Wildman–Crippen MR) is 93.8 cm³/mol. The number of aromatic nitrogens is 1. The molecule has 0 saturated carbocycles. The number of phenols is 1. The first-order valence-electron chi connectivity index (χ1n) is 6.65. The third-order valence-electron chi connectivity index (χ3n) is 2.95.